The normalized spacial score (nSPS) is 13.8. The summed E-state index contributed by atoms with van der Waals surface area (Å²) < 4.78 is 7.93. The number of aryl methyl sites for hydroxylation is 1. The number of ether oxygens (including phenoxy) is 1. The van der Waals surface area contributed by atoms with Crippen molar-refractivity contribution in [1.29, 1.82) is 0 Å². The van der Waals surface area contributed by atoms with Crippen molar-refractivity contribution in [3.8, 4) is 28.2 Å². The molecule has 0 atom stereocenters. The van der Waals surface area contributed by atoms with Crippen LogP contribution in [0.3, 0.4) is 0 Å². The van der Waals surface area contributed by atoms with Crippen LogP contribution in [0.4, 0.5) is 0 Å². The molecule has 0 saturated carbocycles. The van der Waals surface area contributed by atoms with E-state index in [1.807, 2.05) is 0 Å². The molecule has 32 heavy (non-hydrogen) atoms. The van der Waals surface area contributed by atoms with Crippen LogP contribution in [0, 0.1) is 6.92 Å². The Morgan fingerprint density at radius 1 is 0.781 bits per heavy atom. The molecule has 3 aromatic carbocycles. The zero-order valence-electron chi connectivity index (χ0n) is 18.2. The third kappa shape index (κ3) is 3.99. The molecule has 5 rings (SSSR count). The van der Waals surface area contributed by atoms with Gasteiger partial charge in [0.25, 0.3) is 0 Å². The number of rotatable bonds is 4. The lowest BCUT2D eigenvalue weighted by Gasteiger charge is -2.29. The zero-order chi connectivity index (χ0) is 21.9. The zero-order valence-corrected chi connectivity index (χ0v) is 19.0. The molecule has 4 aromatic rings. The van der Waals surface area contributed by atoms with Crippen LogP contribution < -0.4 is 0 Å². The number of benzene rings is 3. The lowest BCUT2D eigenvalue weighted by atomic mass is 10.1. The largest absolute Gasteiger partial charge is 0.378 e. The van der Waals surface area contributed by atoms with E-state index < -0.39 is 0 Å². The third-order valence-electron chi connectivity index (χ3n) is 5.94. The SMILES string of the molecule is Cc1ccc(-n2c(-c3ccccc3)cc(C(=S)N3CCOCC3)c2-c2ccccc2)cc1. The van der Waals surface area contributed by atoms with E-state index in [9.17, 15) is 0 Å². The second-order valence-corrected chi connectivity index (χ2v) is 8.49. The molecule has 0 spiro atoms. The van der Waals surface area contributed by atoms with Gasteiger partial charge in [-0.05, 0) is 36.2 Å². The molecule has 1 fully saturated rings. The van der Waals surface area contributed by atoms with Crippen molar-refractivity contribution in [1.82, 2.24) is 9.47 Å². The van der Waals surface area contributed by atoms with Crippen LogP contribution in [0.15, 0.2) is 91.0 Å². The average molecular weight is 439 g/mol. The molecule has 4 heteroatoms. The monoisotopic (exact) mass is 438 g/mol. The summed E-state index contributed by atoms with van der Waals surface area (Å²) in [4.78, 5) is 3.16. The predicted molar refractivity (Wildman–Crippen MR) is 135 cm³/mol. The van der Waals surface area contributed by atoms with Crippen LogP contribution in [0.1, 0.15) is 11.1 Å². The first-order valence-corrected chi connectivity index (χ1v) is 11.4. The van der Waals surface area contributed by atoms with Gasteiger partial charge in [0, 0.05) is 24.3 Å². The Labute approximate surface area is 194 Å². The Morgan fingerprint density at radius 2 is 1.38 bits per heavy atom. The highest BCUT2D eigenvalue weighted by Crippen LogP contribution is 2.37. The Hall–Kier alpha value is -3.21. The number of hydrogen-bond donors (Lipinski definition) is 0. The Morgan fingerprint density at radius 3 is 2.00 bits per heavy atom. The minimum Gasteiger partial charge on any atom is -0.378 e. The van der Waals surface area contributed by atoms with Crippen LogP contribution in [0.5, 0.6) is 0 Å². The minimum atomic E-state index is 0.713. The Kier molecular flexibility index (Phi) is 5.89. The van der Waals surface area contributed by atoms with Gasteiger partial charge in [0.05, 0.1) is 24.6 Å². The molecule has 2 heterocycles. The predicted octanol–water partition coefficient (Wildman–Crippen LogP) is 6.13. The van der Waals surface area contributed by atoms with Crippen molar-refractivity contribution in [2.75, 3.05) is 26.3 Å². The molecule has 160 valence electrons. The highest BCUT2D eigenvalue weighted by atomic mass is 32.1. The van der Waals surface area contributed by atoms with Gasteiger partial charge in [-0.15, -0.1) is 0 Å². The summed E-state index contributed by atoms with van der Waals surface area (Å²) in [5, 5.41) is 0. The summed E-state index contributed by atoms with van der Waals surface area (Å²) in [6.45, 7) is 5.19. The highest BCUT2D eigenvalue weighted by Gasteiger charge is 2.25. The molecule has 1 saturated heterocycles. The van der Waals surface area contributed by atoms with Gasteiger partial charge in [0.15, 0.2) is 0 Å². The van der Waals surface area contributed by atoms with Crippen LogP contribution in [0.2, 0.25) is 0 Å². The van der Waals surface area contributed by atoms with Gasteiger partial charge in [-0.1, -0.05) is 90.6 Å². The van der Waals surface area contributed by atoms with Gasteiger partial charge in [-0.2, -0.15) is 0 Å². The topological polar surface area (TPSA) is 17.4 Å². The maximum absolute atomic E-state index is 6.08. The van der Waals surface area contributed by atoms with Gasteiger partial charge in [-0.3, -0.25) is 0 Å². The fraction of sp³-hybridized carbons (Fsp3) is 0.179. The van der Waals surface area contributed by atoms with Gasteiger partial charge in [0.1, 0.15) is 4.99 Å². The summed E-state index contributed by atoms with van der Waals surface area (Å²) in [5.74, 6) is 0. The van der Waals surface area contributed by atoms with Crippen LogP contribution in [0.25, 0.3) is 28.2 Å². The maximum Gasteiger partial charge on any atom is 0.111 e. The molecule has 0 amide bonds. The molecular weight excluding hydrogens is 412 g/mol. The fourth-order valence-electron chi connectivity index (χ4n) is 4.27. The Balaban J connectivity index is 1.78. The van der Waals surface area contributed by atoms with Crippen molar-refractivity contribution in [3.63, 3.8) is 0 Å². The van der Waals surface area contributed by atoms with Crippen LogP contribution in [-0.2, 0) is 4.74 Å². The molecule has 1 aliphatic heterocycles. The first-order chi connectivity index (χ1) is 15.7. The summed E-state index contributed by atoms with van der Waals surface area (Å²) >= 11 is 6.08. The molecule has 1 aromatic heterocycles. The second-order valence-electron chi connectivity index (χ2n) is 8.10. The summed E-state index contributed by atoms with van der Waals surface area (Å²) in [6, 6.07) is 32.1. The molecular formula is C28H26N2OS. The van der Waals surface area contributed by atoms with E-state index in [2.05, 4.69) is 107 Å². The molecule has 3 nitrogen and oxygen atoms in total. The number of aromatic nitrogens is 1. The molecule has 0 unspecified atom stereocenters. The molecule has 0 radical (unpaired) electrons. The van der Waals surface area contributed by atoms with Crippen molar-refractivity contribution in [3.05, 3.63) is 102 Å². The highest BCUT2D eigenvalue weighted by molar-refractivity contribution is 7.80. The third-order valence-corrected chi connectivity index (χ3v) is 6.42. The molecule has 1 aliphatic rings. The van der Waals surface area contributed by atoms with Gasteiger partial charge < -0.3 is 14.2 Å². The second kappa shape index (κ2) is 9.11. The maximum atomic E-state index is 6.08. The first-order valence-electron chi connectivity index (χ1n) is 11.0. The smallest absolute Gasteiger partial charge is 0.111 e. The van der Waals surface area contributed by atoms with Crippen LogP contribution in [-0.4, -0.2) is 40.8 Å². The minimum absolute atomic E-state index is 0.713. The van der Waals surface area contributed by atoms with Crippen molar-refractivity contribution < 1.29 is 4.74 Å². The van der Waals surface area contributed by atoms with E-state index in [1.54, 1.807) is 0 Å². The quantitative estimate of drug-likeness (QED) is 0.357. The van der Waals surface area contributed by atoms with E-state index in [0.717, 1.165) is 46.3 Å². The lowest BCUT2D eigenvalue weighted by molar-refractivity contribution is 0.0693. The van der Waals surface area contributed by atoms with E-state index in [-0.39, 0.29) is 0 Å². The number of hydrogen-bond acceptors (Lipinski definition) is 2. The number of thiocarbonyl (C=S) groups is 1. The molecule has 0 N–H and O–H groups in total. The summed E-state index contributed by atoms with van der Waals surface area (Å²) in [6.07, 6.45) is 0. The summed E-state index contributed by atoms with van der Waals surface area (Å²) in [7, 11) is 0. The fourth-order valence-corrected chi connectivity index (χ4v) is 4.61. The molecule has 0 bridgehead atoms. The van der Waals surface area contributed by atoms with E-state index in [4.69, 9.17) is 17.0 Å². The van der Waals surface area contributed by atoms with Crippen molar-refractivity contribution >= 4 is 17.2 Å². The molecule has 0 aliphatic carbocycles. The Bertz CT molecular complexity index is 1210. The van der Waals surface area contributed by atoms with E-state index >= 15 is 0 Å². The van der Waals surface area contributed by atoms with Gasteiger partial charge in [0.2, 0.25) is 0 Å². The average Bonchev–Trinajstić information content (AvgIpc) is 3.26. The van der Waals surface area contributed by atoms with Gasteiger partial charge >= 0.3 is 0 Å². The van der Waals surface area contributed by atoms with Gasteiger partial charge in [-0.25, -0.2) is 0 Å². The van der Waals surface area contributed by atoms with Crippen molar-refractivity contribution in [2.45, 2.75) is 6.92 Å². The van der Waals surface area contributed by atoms with Crippen molar-refractivity contribution in [2.24, 2.45) is 0 Å². The van der Waals surface area contributed by atoms with E-state index in [1.165, 1.54) is 11.1 Å². The van der Waals surface area contributed by atoms with Crippen LogP contribution >= 0.6 is 12.2 Å². The van der Waals surface area contributed by atoms with E-state index in [0.29, 0.717) is 13.2 Å². The first kappa shape index (κ1) is 20.7. The standard InChI is InChI=1S/C28H26N2OS/c1-21-12-14-24(15-13-21)30-26(22-8-4-2-5-9-22)20-25(27(30)23-10-6-3-7-11-23)28(32)29-16-18-31-19-17-29/h2-15,20H,16-19H2,1H3. The lowest BCUT2D eigenvalue weighted by Crippen LogP contribution is -2.40. The number of morpholine rings is 1. The number of nitrogens with zero attached hydrogens (tertiary/aromatic N) is 2. The summed E-state index contributed by atoms with van der Waals surface area (Å²) in [5.41, 5.74) is 8.05.